The van der Waals surface area contributed by atoms with Crippen LogP contribution in [0.3, 0.4) is 0 Å². The highest BCUT2D eigenvalue weighted by Crippen LogP contribution is 2.38. The number of halogens is 3. The summed E-state index contributed by atoms with van der Waals surface area (Å²) in [6.45, 7) is 4.14. The summed E-state index contributed by atoms with van der Waals surface area (Å²) in [5.41, 5.74) is 0.0350. The van der Waals surface area contributed by atoms with Gasteiger partial charge in [-0.15, -0.1) is 0 Å². The number of fused-ring (bicyclic) bond motifs is 1. The lowest BCUT2D eigenvalue weighted by atomic mass is 9.94. The number of carbonyl (C=O) groups is 1. The number of pyridine rings is 1. The SMILES string of the molecule is CNC(=O)CCNC1CC(C)CN(c2ccc(C(F)(F)F)c3ncccc23)C1. The zero-order chi connectivity index (χ0) is 20.3. The van der Waals surface area contributed by atoms with Crippen molar-refractivity contribution in [1.29, 1.82) is 0 Å². The summed E-state index contributed by atoms with van der Waals surface area (Å²) in [6, 6.07) is 6.20. The molecule has 1 saturated heterocycles. The fraction of sp³-hybridized carbons (Fsp3) is 0.500. The van der Waals surface area contributed by atoms with Gasteiger partial charge in [-0.3, -0.25) is 9.78 Å². The molecule has 8 heteroatoms. The minimum absolute atomic E-state index is 0.0187. The van der Waals surface area contributed by atoms with Crippen LogP contribution in [0.1, 0.15) is 25.3 Å². The van der Waals surface area contributed by atoms with Crippen molar-refractivity contribution < 1.29 is 18.0 Å². The molecule has 152 valence electrons. The molecular formula is C20H25F3N4O. The van der Waals surface area contributed by atoms with Crippen molar-refractivity contribution in [3.05, 3.63) is 36.0 Å². The Morgan fingerprint density at radius 1 is 1.29 bits per heavy atom. The fourth-order valence-electron chi connectivity index (χ4n) is 3.87. The smallest absolute Gasteiger partial charge is 0.369 e. The van der Waals surface area contributed by atoms with Crippen molar-refractivity contribution in [3.63, 3.8) is 0 Å². The molecule has 2 atom stereocenters. The number of nitrogens with one attached hydrogen (secondary N) is 2. The van der Waals surface area contributed by atoms with E-state index in [1.165, 1.54) is 6.20 Å². The molecule has 3 rings (SSSR count). The van der Waals surface area contributed by atoms with Crippen LogP contribution >= 0.6 is 0 Å². The lowest BCUT2D eigenvalue weighted by Crippen LogP contribution is -2.49. The lowest BCUT2D eigenvalue weighted by molar-refractivity contribution is -0.136. The topological polar surface area (TPSA) is 57.3 Å². The molecule has 0 saturated carbocycles. The Balaban J connectivity index is 1.84. The number of piperidine rings is 1. The molecule has 1 aromatic heterocycles. The zero-order valence-electron chi connectivity index (χ0n) is 16.0. The Morgan fingerprint density at radius 3 is 2.79 bits per heavy atom. The van der Waals surface area contributed by atoms with E-state index in [-0.39, 0.29) is 17.5 Å². The Morgan fingerprint density at radius 2 is 2.07 bits per heavy atom. The molecule has 1 amide bonds. The van der Waals surface area contributed by atoms with E-state index < -0.39 is 11.7 Å². The first-order valence-electron chi connectivity index (χ1n) is 9.43. The summed E-state index contributed by atoms with van der Waals surface area (Å²) in [4.78, 5) is 17.5. The zero-order valence-corrected chi connectivity index (χ0v) is 16.0. The predicted octanol–water partition coefficient (Wildman–Crippen LogP) is 3.19. The first kappa shape index (κ1) is 20.4. The van der Waals surface area contributed by atoms with Crippen molar-refractivity contribution >= 4 is 22.5 Å². The summed E-state index contributed by atoms with van der Waals surface area (Å²) in [5, 5.41) is 6.51. The summed E-state index contributed by atoms with van der Waals surface area (Å²) >= 11 is 0. The fourth-order valence-corrected chi connectivity index (χ4v) is 3.87. The summed E-state index contributed by atoms with van der Waals surface area (Å²) in [7, 11) is 1.61. The normalized spacial score (nSPS) is 20.4. The molecule has 1 fully saturated rings. The molecule has 0 bridgehead atoms. The van der Waals surface area contributed by atoms with E-state index in [9.17, 15) is 18.0 Å². The molecule has 0 aliphatic carbocycles. The molecule has 1 aromatic carbocycles. The lowest BCUT2D eigenvalue weighted by Gasteiger charge is -2.39. The van der Waals surface area contributed by atoms with Crippen molar-refractivity contribution in [2.45, 2.75) is 32.0 Å². The maximum atomic E-state index is 13.4. The average Bonchev–Trinajstić information content (AvgIpc) is 2.65. The molecule has 5 nitrogen and oxygen atoms in total. The van der Waals surface area contributed by atoms with Gasteiger partial charge in [0.15, 0.2) is 0 Å². The van der Waals surface area contributed by atoms with E-state index in [4.69, 9.17) is 0 Å². The second-order valence-electron chi connectivity index (χ2n) is 7.35. The van der Waals surface area contributed by atoms with Crippen LogP contribution in [0.5, 0.6) is 0 Å². The van der Waals surface area contributed by atoms with Crippen molar-refractivity contribution in [2.75, 3.05) is 31.6 Å². The van der Waals surface area contributed by atoms with Crippen molar-refractivity contribution in [1.82, 2.24) is 15.6 Å². The van der Waals surface area contributed by atoms with Crippen LogP contribution in [0, 0.1) is 5.92 Å². The number of rotatable bonds is 5. The van der Waals surface area contributed by atoms with E-state index in [0.717, 1.165) is 24.7 Å². The molecule has 0 radical (unpaired) electrons. The van der Waals surface area contributed by atoms with Gasteiger partial charge in [0.1, 0.15) is 0 Å². The van der Waals surface area contributed by atoms with Gasteiger partial charge in [-0.1, -0.05) is 6.92 Å². The number of benzene rings is 1. The Kier molecular flexibility index (Phi) is 6.07. The number of alkyl halides is 3. The Hall–Kier alpha value is -2.35. The maximum Gasteiger partial charge on any atom is 0.418 e. The number of amides is 1. The van der Waals surface area contributed by atoms with E-state index in [1.54, 1.807) is 25.2 Å². The quantitative estimate of drug-likeness (QED) is 0.818. The first-order valence-corrected chi connectivity index (χ1v) is 9.43. The van der Waals surface area contributed by atoms with Gasteiger partial charge in [0, 0.05) is 56.4 Å². The third kappa shape index (κ3) is 4.55. The van der Waals surface area contributed by atoms with Gasteiger partial charge < -0.3 is 15.5 Å². The summed E-state index contributed by atoms with van der Waals surface area (Å²) < 4.78 is 40.1. The number of aromatic nitrogens is 1. The molecule has 2 N–H and O–H groups in total. The van der Waals surface area contributed by atoms with E-state index in [1.807, 2.05) is 0 Å². The third-order valence-corrected chi connectivity index (χ3v) is 5.12. The molecule has 1 aliphatic rings. The summed E-state index contributed by atoms with van der Waals surface area (Å²) in [6.07, 6.45) is -1.69. The van der Waals surface area contributed by atoms with Crippen molar-refractivity contribution in [3.8, 4) is 0 Å². The second kappa shape index (κ2) is 8.34. The molecule has 28 heavy (non-hydrogen) atoms. The van der Waals surface area contributed by atoms with Gasteiger partial charge in [-0.05, 0) is 36.6 Å². The highest BCUT2D eigenvalue weighted by Gasteiger charge is 2.34. The minimum atomic E-state index is -4.44. The van der Waals surface area contributed by atoms with Crippen LogP contribution in [-0.2, 0) is 11.0 Å². The first-order chi connectivity index (χ1) is 13.3. The predicted molar refractivity (Wildman–Crippen MR) is 103 cm³/mol. The standard InChI is InChI=1S/C20H25F3N4O/c1-13-10-14(25-9-7-18(28)24-2)12-27(11-13)17-6-5-16(20(21,22)23)19-15(17)4-3-8-26-19/h3-6,8,13-14,25H,7,9-12H2,1-2H3,(H,24,28). The minimum Gasteiger partial charge on any atom is -0.369 e. The van der Waals surface area contributed by atoms with Gasteiger partial charge >= 0.3 is 6.18 Å². The molecule has 0 spiro atoms. The van der Waals surface area contributed by atoms with Crippen LogP contribution in [0.25, 0.3) is 10.9 Å². The van der Waals surface area contributed by atoms with Gasteiger partial charge in [-0.25, -0.2) is 0 Å². The van der Waals surface area contributed by atoms with Gasteiger partial charge in [0.25, 0.3) is 0 Å². The third-order valence-electron chi connectivity index (χ3n) is 5.12. The number of hydrogen-bond acceptors (Lipinski definition) is 4. The highest BCUT2D eigenvalue weighted by atomic mass is 19.4. The monoisotopic (exact) mass is 394 g/mol. The Bertz CT molecular complexity index is 840. The largest absolute Gasteiger partial charge is 0.418 e. The maximum absolute atomic E-state index is 13.4. The summed E-state index contributed by atoms with van der Waals surface area (Å²) in [5.74, 6) is 0.355. The van der Waals surface area contributed by atoms with Crippen LogP contribution < -0.4 is 15.5 Å². The van der Waals surface area contributed by atoms with E-state index in [2.05, 4.69) is 27.4 Å². The molecular weight excluding hydrogens is 369 g/mol. The second-order valence-corrected chi connectivity index (χ2v) is 7.35. The van der Waals surface area contributed by atoms with Gasteiger partial charge in [-0.2, -0.15) is 13.2 Å². The number of carbonyl (C=O) groups excluding carboxylic acids is 1. The number of anilines is 1. The molecule has 2 heterocycles. The van der Waals surface area contributed by atoms with Crippen LogP contribution in [0.2, 0.25) is 0 Å². The van der Waals surface area contributed by atoms with Crippen LogP contribution in [0.15, 0.2) is 30.5 Å². The van der Waals surface area contributed by atoms with Gasteiger partial charge in [0.2, 0.25) is 5.91 Å². The van der Waals surface area contributed by atoms with Gasteiger partial charge in [0.05, 0.1) is 11.1 Å². The number of nitrogens with zero attached hydrogens (tertiary/aromatic N) is 2. The van der Waals surface area contributed by atoms with E-state index >= 15 is 0 Å². The average molecular weight is 394 g/mol. The Labute approximate surface area is 162 Å². The molecule has 2 unspecified atom stereocenters. The van der Waals surface area contributed by atoms with E-state index in [0.29, 0.717) is 30.8 Å². The molecule has 2 aromatic rings. The van der Waals surface area contributed by atoms with Crippen LogP contribution in [-0.4, -0.2) is 43.6 Å². The number of hydrogen-bond donors (Lipinski definition) is 2. The highest BCUT2D eigenvalue weighted by molar-refractivity contribution is 5.94. The van der Waals surface area contributed by atoms with Crippen LogP contribution in [0.4, 0.5) is 18.9 Å². The molecule has 1 aliphatic heterocycles. The van der Waals surface area contributed by atoms with Crippen molar-refractivity contribution in [2.24, 2.45) is 5.92 Å².